The minimum Gasteiger partial charge on any atom is -0.497 e. The van der Waals surface area contributed by atoms with E-state index in [2.05, 4.69) is 20.4 Å². The number of amides is 2. The molecule has 186 valence electrons. The van der Waals surface area contributed by atoms with Gasteiger partial charge in [0.2, 0.25) is 11.8 Å². The van der Waals surface area contributed by atoms with Gasteiger partial charge in [0.15, 0.2) is 5.82 Å². The number of aromatic nitrogens is 2. The second-order valence-electron chi connectivity index (χ2n) is 9.35. The van der Waals surface area contributed by atoms with Crippen molar-refractivity contribution < 1.29 is 14.3 Å². The van der Waals surface area contributed by atoms with Crippen LogP contribution in [0.25, 0.3) is 11.3 Å². The van der Waals surface area contributed by atoms with E-state index in [-0.39, 0.29) is 18.2 Å². The summed E-state index contributed by atoms with van der Waals surface area (Å²) >= 11 is 0. The van der Waals surface area contributed by atoms with Crippen LogP contribution in [0, 0.1) is 5.92 Å². The molecular formula is C28H31N5O3. The molecule has 2 aliphatic rings. The standard InChI is InChI=1S/C28H31N5O3/c1-36-24-11-7-10-23(18-24)33-19-21(17-27(33)34)28(35)29-22-9-6-8-20(16-22)25-12-13-26(31-30-25)32-14-4-2-3-5-15-32/h6-13,16,18,21H,2-5,14-15,17,19H2,1H3,(H,29,35). The van der Waals surface area contributed by atoms with E-state index in [1.54, 1.807) is 18.1 Å². The van der Waals surface area contributed by atoms with Crippen molar-refractivity contribution in [2.75, 3.05) is 41.9 Å². The molecule has 8 nitrogen and oxygen atoms in total. The summed E-state index contributed by atoms with van der Waals surface area (Å²) in [5, 5.41) is 11.9. The Kier molecular flexibility index (Phi) is 7.11. The van der Waals surface area contributed by atoms with Gasteiger partial charge in [-0.2, -0.15) is 0 Å². The topological polar surface area (TPSA) is 87.7 Å². The summed E-state index contributed by atoms with van der Waals surface area (Å²) in [7, 11) is 1.59. The van der Waals surface area contributed by atoms with Crippen molar-refractivity contribution >= 4 is 29.0 Å². The fourth-order valence-corrected chi connectivity index (χ4v) is 4.86. The van der Waals surface area contributed by atoms with E-state index in [0.29, 0.717) is 18.0 Å². The lowest BCUT2D eigenvalue weighted by Crippen LogP contribution is -2.28. The van der Waals surface area contributed by atoms with Gasteiger partial charge in [0.25, 0.3) is 0 Å². The van der Waals surface area contributed by atoms with Crippen LogP contribution in [0.2, 0.25) is 0 Å². The molecule has 0 bridgehead atoms. The van der Waals surface area contributed by atoms with Gasteiger partial charge in [0, 0.05) is 49.1 Å². The largest absolute Gasteiger partial charge is 0.497 e. The van der Waals surface area contributed by atoms with Gasteiger partial charge in [-0.25, -0.2) is 0 Å². The number of methoxy groups -OCH3 is 1. The lowest BCUT2D eigenvalue weighted by molar-refractivity contribution is -0.122. The second kappa shape index (κ2) is 10.8. The Hall–Kier alpha value is -3.94. The number of hydrogen-bond donors (Lipinski definition) is 1. The summed E-state index contributed by atoms with van der Waals surface area (Å²) in [6.45, 7) is 2.38. The quantitative estimate of drug-likeness (QED) is 0.552. The number of carbonyl (C=O) groups is 2. The molecule has 1 aromatic heterocycles. The number of rotatable bonds is 6. The number of nitrogens with one attached hydrogen (secondary N) is 1. The van der Waals surface area contributed by atoms with Crippen molar-refractivity contribution in [3.05, 3.63) is 60.7 Å². The molecule has 5 rings (SSSR count). The SMILES string of the molecule is COc1cccc(N2CC(C(=O)Nc3cccc(-c4ccc(N5CCCCCC5)nn4)c3)CC2=O)c1. The van der Waals surface area contributed by atoms with E-state index in [1.807, 2.05) is 54.6 Å². The number of ether oxygens (including phenoxy) is 1. The Bertz CT molecular complexity index is 1220. The first kappa shape index (κ1) is 23.8. The predicted octanol–water partition coefficient (Wildman–Crippen LogP) is 4.52. The molecule has 2 amide bonds. The Morgan fingerprint density at radius 1 is 0.972 bits per heavy atom. The van der Waals surface area contributed by atoms with Crippen LogP contribution < -0.4 is 19.9 Å². The maximum absolute atomic E-state index is 13.0. The van der Waals surface area contributed by atoms with Gasteiger partial charge in [0.05, 0.1) is 18.7 Å². The molecule has 2 aliphatic heterocycles. The summed E-state index contributed by atoms with van der Waals surface area (Å²) in [4.78, 5) is 29.6. The summed E-state index contributed by atoms with van der Waals surface area (Å²) in [5.74, 6) is 0.912. The molecule has 0 saturated carbocycles. The Balaban J connectivity index is 1.24. The number of benzene rings is 2. The van der Waals surface area contributed by atoms with Crippen molar-refractivity contribution in [2.45, 2.75) is 32.1 Å². The smallest absolute Gasteiger partial charge is 0.229 e. The molecule has 3 aromatic rings. The van der Waals surface area contributed by atoms with Crippen LogP contribution in [0.3, 0.4) is 0 Å². The third-order valence-corrected chi connectivity index (χ3v) is 6.87. The first-order valence-corrected chi connectivity index (χ1v) is 12.5. The second-order valence-corrected chi connectivity index (χ2v) is 9.35. The fourth-order valence-electron chi connectivity index (χ4n) is 4.86. The maximum atomic E-state index is 13.0. The number of hydrogen-bond acceptors (Lipinski definition) is 6. The first-order chi connectivity index (χ1) is 17.6. The molecule has 1 atom stereocenters. The highest BCUT2D eigenvalue weighted by molar-refractivity contribution is 6.03. The van der Waals surface area contributed by atoms with Gasteiger partial charge in [-0.05, 0) is 49.2 Å². The van der Waals surface area contributed by atoms with Crippen molar-refractivity contribution in [3.8, 4) is 17.0 Å². The minimum atomic E-state index is -0.431. The summed E-state index contributed by atoms with van der Waals surface area (Å²) in [6.07, 6.45) is 5.10. The Morgan fingerprint density at radius 3 is 2.53 bits per heavy atom. The molecule has 2 fully saturated rings. The van der Waals surface area contributed by atoms with Crippen molar-refractivity contribution in [3.63, 3.8) is 0 Å². The summed E-state index contributed by atoms with van der Waals surface area (Å²) < 4.78 is 5.26. The van der Waals surface area contributed by atoms with Gasteiger partial charge in [-0.15, -0.1) is 10.2 Å². The molecule has 8 heteroatoms. The highest BCUT2D eigenvalue weighted by atomic mass is 16.5. The monoisotopic (exact) mass is 485 g/mol. The molecule has 36 heavy (non-hydrogen) atoms. The van der Waals surface area contributed by atoms with Crippen molar-refractivity contribution in [1.82, 2.24) is 10.2 Å². The molecule has 2 saturated heterocycles. The zero-order valence-electron chi connectivity index (χ0n) is 20.5. The van der Waals surface area contributed by atoms with Crippen LogP contribution in [-0.2, 0) is 9.59 Å². The van der Waals surface area contributed by atoms with E-state index in [4.69, 9.17) is 4.74 Å². The summed E-state index contributed by atoms with van der Waals surface area (Å²) in [6, 6.07) is 18.9. The van der Waals surface area contributed by atoms with E-state index < -0.39 is 5.92 Å². The van der Waals surface area contributed by atoms with Crippen LogP contribution in [0.4, 0.5) is 17.2 Å². The lowest BCUT2D eigenvalue weighted by atomic mass is 10.1. The summed E-state index contributed by atoms with van der Waals surface area (Å²) in [5.41, 5.74) is 3.04. The van der Waals surface area contributed by atoms with Crippen LogP contribution in [-0.4, -0.2) is 48.8 Å². The third-order valence-electron chi connectivity index (χ3n) is 6.87. The van der Waals surface area contributed by atoms with Gasteiger partial charge in [0.1, 0.15) is 5.75 Å². The Labute approximate surface area is 211 Å². The highest BCUT2D eigenvalue weighted by Gasteiger charge is 2.35. The molecule has 1 N–H and O–H groups in total. The Morgan fingerprint density at radius 2 is 1.78 bits per heavy atom. The molecule has 1 unspecified atom stereocenters. The molecule has 0 aliphatic carbocycles. The van der Waals surface area contributed by atoms with Gasteiger partial charge in [-0.1, -0.05) is 31.0 Å². The van der Waals surface area contributed by atoms with E-state index in [0.717, 1.165) is 35.9 Å². The van der Waals surface area contributed by atoms with Crippen molar-refractivity contribution in [1.29, 1.82) is 0 Å². The molecule has 3 heterocycles. The zero-order valence-corrected chi connectivity index (χ0v) is 20.5. The van der Waals surface area contributed by atoms with Crippen LogP contribution in [0.1, 0.15) is 32.1 Å². The average Bonchev–Trinajstić information content (AvgIpc) is 3.11. The molecule has 2 aromatic carbocycles. The minimum absolute atomic E-state index is 0.0723. The predicted molar refractivity (Wildman–Crippen MR) is 140 cm³/mol. The molecule has 0 radical (unpaired) electrons. The van der Waals surface area contributed by atoms with Crippen molar-refractivity contribution in [2.24, 2.45) is 5.92 Å². The number of anilines is 3. The highest BCUT2D eigenvalue weighted by Crippen LogP contribution is 2.29. The fraction of sp³-hybridized carbons (Fsp3) is 0.357. The third kappa shape index (κ3) is 5.32. The van der Waals surface area contributed by atoms with E-state index >= 15 is 0 Å². The average molecular weight is 486 g/mol. The van der Waals surface area contributed by atoms with Crippen LogP contribution in [0.15, 0.2) is 60.7 Å². The van der Waals surface area contributed by atoms with E-state index in [9.17, 15) is 9.59 Å². The van der Waals surface area contributed by atoms with Gasteiger partial charge >= 0.3 is 0 Å². The molecule has 0 spiro atoms. The first-order valence-electron chi connectivity index (χ1n) is 12.5. The normalized spacial score (nSPS) is 18.1. The van der Waals surface area contributed by atoms with Crippen LogP contribution in [0.5, 0.6) is 5.75 Å². The lowest BCUT2D eigenvalue weighted by Gasteiger charge is -2.20. The van der Waals surface area contributed by atoms with Gasteiger partial charge < -0.3 is 19.9 Å². The molecular weight excluding hydrogens is 454 g/mol. The maximum Gasteiger partial charge on any atom is 0.229 e. The van der Waals surface area contributed by atoms with Crippen LogP contribution >= 0.6 is 0 Å². The van der Waals surface area contributed by atoms with Gasteiger partial charge in [-0.3, -0.25) is 9.59 Å². The number of nitrogens with zero attached hydrogens (tertiary/aromatic N) is 4. The van der Waals surface area contributed by atoms with E-state index in [1.165, 1.54) is 25.7 Å². The number of carbonyl (C=O) groups excluding carboxylic acids is 2. The zero-order chi connectivity index (χ0) is 24.9.